The highest BCUT2D eigenvalue weighted by molar-refractivity contribution is 7.86. The van der Waals surface area contributed by atoms with Crippen LogP contribution in [0.3, 0.4) is 0 Å². The fourth-order valence-corrected chi connectivity index (χ4v) is 4.49. The summed E-state index contributed by atoms with van der Waals surface area (Å²) in [5.41, 5.74) is -1.28. The molecule has 186 valence electrons. The molecule has 32 heavy (non-hydrogen) atoms. The molecule has 0 bridgehead atoms. The first-order valence-electron chi connectivity index (χ1n) is 11.0. The molecule has 1 aliphatic carbocycles. The maximum absolute atomic E-state index is 12.2. The lowest BCUT2D eigenvalue weighted by molar-refractivity contribution is -0.181. The van der Waals surface area contributed by atoms with Gasteiger partial charge in [-0.2, -0.15) is 8.42 Å². The third-order valence-electron chi connectivity index (χ3n) is 5.65. The Bertz CT molecular complexity index is 730. The normalized spacial score (nSPS) is 17.3. The molecule has 11 heteroatoms. The van der Waals surface area contributed by atoms with E-state index in [0.717, 1.165) is 25.7 Å². The van der Waals surface area contributed by atoms with E-state index in [0.29, 0.717) is 0 Å². The van der Waals surface area contributed by atoms with Crippen LogP contribution in [0.1, 0.15) is 66.2 Å². The molecule has 1 aliphatic rings. The second-order valence-corrected chi connectivity index (χ2v) is 10.7. The van der Waals surface area contributed by atoms with Crippen LogP contribution in [0.5, 0.6) is 0 Å². The molecule has 1 rings (SSSR count). The topological polar surface area (TPSA) is 145 Å². The van der Waals surface area contributed by atoms with Gasteiger partial charge in [0, 0.05) is 18.9 Å². The van der Waals surface area contributed by atoms with Crippen molar-refractivity contribution in [2.45, 2.75) is 72.3 Å². The summed E-state index contributed by atoms with van der Waals surface area (Å²) in [6, 6.07) is 0. The van der Waals surface area contributed by atoms with E-state index in [1.54, 1.807) is 6.92 Å². The standard InChI is InChI=1S/C21H37NO9S/c1-15(17-9-6-5-7-10-17)19(25)29-14-30-20(26)18(24)21(3,4)13-31-32(27,28)12-8-11-22-16(2)23/h15,17-18,24H,5-14H2,1-4H3,(H,22,23)/t15?,18-/m0/s1. The van der Waals surface area contributed by atoms with Crippen molar-refractivity contribution in [1.29, 1.82) is 0 Å². The summed E-state index contributed by atoms with van der Waals surface area (Å²) in [5.74, 6) is -2.11. The van der Waals surface area contributed by atoms with Gasteiger partial charge in [-0.15, -0.1) is 0 Å². The summed E-state index contributed by atoms with van der Waals surface area (Å²) in [7, 11) is -3.90. The van der Waals surface area contributed by atoms with Crippen molar-refractivity contribution in [3.63, 3.8) is 0 Å². The highest BCUT2D eigenvalue weighted by Gasteiger charge is 2.37. The van der Waals surface area contributed by atoms with Gasteiger partial charge in [-0.05, 0) is 25.2 Å². The average molecular weight is 480 g/mol. The van der Waals surface area contributed by atoms with Gasteiger partial charge in [0.2, 0.25) is 12.7 Å². The molecule has 10 nitrogen and oxygen atoms in total. The van der Waals surface area contributed by atoms with E-state index in [1.165, 1.54) is 27.2 Å². The smallest absolute Gasteiger partial charge is 0.338 e. The van der Waals surface area contributed by atoms with Crippen LogP contribution in [0.4, 0.5) is 0 Å². The van der Waals surface area contributed by atoms with E-state index < -0.39 is 47.0 Å². The molecule has 0 aliphatic heterocycles. The van der Waals surface area contributed by atoms with Gasteiger partial charge in [0.1, 0.15) is 0 Å². The number of amides is 1. The summed E-state index contributed by atoms with van der Waals surface area (Å²) in [4.78, 5) is 35.1. The Kier molecular flexibility index (Phi) is 11.6. The molecule has 0 aromatic rings. The highest BCUT2D eigenvalue weighted by Crippen LogP contribution is 2.30. The fraction of sp³-hybridized carbons (Fsp3) is 0.857. The summed E-state index contributed by atoms with van der Waals surface area (Å²) in [6.07, 6.45) is 3.77. The molecule has 0 aromatic heterocycles. The molecule has 0 saturated heterocycles. The Balaban J connectivity index is 2.40. The van der Waals surface area contributed by atoms with Gasteiger partial charge >= 0.3 is 11.9 Å². The van der Waals surface area contributed by atoms with Crippen LogP contribution >= 0.6 is 0 Å². The molecule has 0 heterocycles. The third-order valence-corrected chi connectivity index (χ3v) is 6.92. The van der Waals surface area contributed by atoms with Gasteiger partial charge in [-0.3, -0.25) is 13.8 Å². The van der Waals surface area contributed by atoms with Crippen molar-refractivity contribution in [2.75, 3.05) is 25.7 Å². The Hall–Kier alpha value is -1.72. The van der Waals surface area contributed by atoms with Gasteiger partial charge in [0.05, 0.1) is 18.3 Å². The van der Waals surface area contributed by atoms with E-state index in [2.05, 4.69) is 5.32 Å². The lowest BCUT2D eigenvalue weighted by atomic mass is 9.81. The summed E-state index contributed by atoms with van der Waals surface area (Å²) < 4.78 is 38.7. The number of hydrogen-bond acceptors (Lipinski definition) is 9. The molecule has 2 atom stereocenters. The van der Waals surface area contributed by atoms with Crippen LogP contribution in [-0.4, -0.2) is 63.2 Å². The molecule has 1 amide bonds. The second kappa shape index (κ2) is 13.1. The van der Waals surface area contributed by atoms with Crippen molar-refractivity contribution in [1.82, 2.24) is 5.32 Å². The molecular formula is C21H37NO9S. The maximum atomic E-state index is 12.2. The van der Waals surface area contributed by atoms with Crippen LogP contribution in [0.15, 0.2) is 0 Å². The fourth-order valence-electron chi connectivity index (χ4n) is 3.39. The van der Waals surface area contributed by atoms with Crippen LogP contribution < -0.4 is 5.32 Å². The lowest BCUT2D eigenvalue weighted by Gasteiger charge is -2.28. The Labute approximate surface area is 190 Å². The van der Waals surface area contributed by atoms with Crippen molar-refractivity contribution >= 4 is 28.0 Å². The van der Waals surface area contributed by atoms with E-state index in [1.807, 2.05) is 0 Å². The van der Waals surface area contributed by atoms with Gasteiger partial charge in [0.15, 0.2) is 6.10 Å². The number of hydrogen-bond donors (Lipinski definition) is 2. The van der Waals surface area contributed by atoms with Gasteiger partial charge in [-0.1, -0.05) is 40.0 Å². The number of carbonyl (C=O) groups is 3. The Morgan fingerprint density at radius 1 is 1.09 bits per heavy atom. The molecule has 0 spiro atoms. The quantitative estimate of drug-likeness (QED) is 0.174. The first-order valence-corrected chi connectivity index (χ1v) is 12.6. The van der Waals surface area contributed by atoms with Crippen LogP contribution in [0.25, 0.3) is 0 Å². The van der Waals surface area contributed by atoms with Gasteiger partial charge < -0.3 is 19.9 Å². The summed E-state index contributed by atoms with van der Waals surface area (Å²) >= 11 is 0. The Morgan fingerprint density at radius 2 is 1.69 bits per heavy atom. The monoisotopic (exact) mass is 479 g/mol. The molecule has 1 unspecified atom stereocenters. The van der Waals surface area contributed by atoms with E-state index >= 15 is 0 Å². The van der Waals surface area contributed by atoms with E-state index in [-0.39, 0.29) is 36.5 Å². The van der Waals surface area contributed by atoms with Crippen LogP contribution in [0.2, 0.25) is 0 Å². The predicted octanol–water partition coefficient (Wildman–Crippen LogP) is 1.51. The average Bonchev–Trinajstić information content (AvgIpc) is 2.74. The van der Waals surface area contributed by atoms with Crippen molar-refractivity contribution in [2.24, 2.45) is 17.3 Å². The third kappa shape index (κ3) is 10.3. The molecule has 0 radical (unpaired) electrons. The number of nitrogens with one attached hydrogen (secondary N) is 1. The predicted molar refractivity (Wildman–Crippen MR) is 116 cm³/mol. The van der Waals surface area contributed by atoms with E-state index in [9.17, 15) is 27.9 Å². The molecule has 1 fully saturated rings. The maximum Gasteiger partial charge on any atom is 0.338 e. The highest BCUT2D eigenvalue weighted by atomic mass is 32.2. The summed E-state index contributed by atoms with van der Waals surface area (Å²) in [5, 5.41) is 12.7. The molecular weight excluding hydrogens is 442 g/mol. The second-order valence-electron chi connectivity index (χ2n) is 8.98. The number of aliphatic hydroxyl groups is 1. The van der Waals surface area contributed by atoms with Gasteiger partial charge in [0.25, 0.3) is 10.1 Å². The number of rotatable bonds is 13. The first-order chi connectivity index (χ1) is 14.9. The number of carbonyl (C=O) groups excluding carboxylic acids is 3. The molecule has 1 saturated carbocycles. The van der Waals surface area contributed by atoms with Crippen molar-refractivity contribution in [3.8, 4) is 0 Å². The zero-order valence-corrected chi connectivity index (χ0v) is 20.2. The number of aliphatic hydroxyl groups excluding tert-OH is 1. The lowest BCUT2D eigenvalue weighted by Crippen LogP contribution is -2.42. The van der Waals surface area contributed by atoms with E-state index in [4.69, 9.17) is 13.7 Å². The minimum Gasteiger partial charge on any atom is -0.428 e. The minimum atomic E-state index is -3.90. The largest absolute Gasteiger partial charge is 0.428 e. The Morgan fingerprint density at radius 3 is 2.28 bits per heavy atom. The minimum absolute atomic E-state index is 0.164. The SMILES string of the molecule is CC(=O)NCCCS(=O)(=O)OCC(C)(C)[C@@H](O)C(=O)OCOC(=O)C(C)C1CCCCC1. The number of esters is 2. The summed E-state index contributed by atoms with van der Waals surface area (Å²) in [6.45, 7) is 5.13. The van der Waals surface area contributed by atoms with Crippen molar-refractivity contribution in [3.05, 3.63) is 0 Å². The van der Waals surface area contributed by atoms with Crippen molar-refractivity contribution < 1.29 is 41.6 Å². The molecule has 2 N–H and O–H groups in total. The zero-order chi connectivity index (χ0) is 24.4. The zero-order valence-electron chi connectivity index (χ0n) is 19.4. The van der Waals surface area contributed by atoms with Gasteiger partial charge in [-0.25, -0.2) is 4.79 Å². The van der Waals surface area contributed by atoms with Crippen LogP contribution in [0, 0.1) is 17.3 Å². The number of ether oxygens (including phenoxy) is 2. The van der Waals surface area contributed by atoms with Crippen LogP contribution in [-0.2, 0) is 38.2 Å². The first kappa shape index (κ1) is 28.3. The molecule has 0 aromatic carbocycles.